The van der Waals surface area contributed by atoms with E-state index in [-0.39, 0.29) is 0 Å². The minimum Gasteiger partial charge on any atom is -0.372 e. The summed E-state index contributed by atoms with van der Waals surface area (Å²) in [6, 6.07) is 0.352. The molecule has 3 heterocycles. The van der Waals surface area contributed by atoms with Crippen molar-refractivity contribution in [2.24, 2.45) is 0 Å². The molecule has 5 nitrogen and oxygen atoms in total. The first-order valence-electron chi connectivity index (χ1n) is 6.09. The lowest BCUT2D eigenvalue weighted by molar-refractivity contribution is 0.0640. The second kappa shape index (κ2) is 3.82. The molecular formula is C11H18N4O. The molecule has 0 aromatic carbocycles. The molecule has 16 heavy (non-hydrogen) atoms. The van der Waals surface area contributed by atoms with Gasteiger partial charge in [-0.1, -0.05) is 0 Å². The van der Waals surface area contributed by atoms with Crippen LogP contribution in [0.3, 0.4) is 0 Å². The molecule has 2 atom stereocenters. The largest absolute Gasteiger partial charge is 0.372 e. The maximum Gasteiger partial charge on any atom is 0.168 e. The Labute approximate surface area is 95.1 Å². The Morgan fingerprint density at radius 2 is 2.19 bits per heavy atom. The zero-order valence-corrected chi connectivity index (χ0v) is 9.63. The summed E-state index contributed by atoms with van der Waals surface area (Å²) in [6.07, 6.45) is 4.65. The molecule has 2 unspecified atom stereocenters. The second-order valence-electron chi connectivity index (χ2n) is 4.84. The number of hydrogen-bond donors (Lipinski definition) is 1. The molecule has 0 spiro atoms. The van der Waals surface area contributed by atoms with Crippen molar-refractivity contribution in [3.05, 3.63) is 11.6 Å². The van der Waals surface area contributed by atoms with Crippen molar-refractivity contribution in [2.45, 2.75) is 44.4 Å². The molecule has 0 saturated carbocycles. The summed E-state index contributed by atoms with van der Waals surface area (Å²) in [5, 5.41) is 14.3. The summed E-state index contributed by atoms with van der Waals surface area (Å²) < 4.78 is 1.71. The van der Waals surface area contributed by atoms with E-state index in [1.165, 1.54) is 6.42 Å². The number of fused-ring (bicyclic) bond motifs is 1. The van der Waals surface area contributed by atoms with Gasteiger partial charge in [-0.05, 0) is 39.3 Å². The van der Waals surface area contributed by atoms with Gasteiger partial charge in [0.25, 0.3) is 0 Å². The molecule has 1 N–H and O–H groups in total. The van der Waals surface area contributed by atoms with Crippen LogP contribution in [0.25, 0.3) is 0 Å². The monoisotopic (exact) mass is 222 g/mol. The van der Waals surface area contributed by atoms with Crippen molar-refractivity contribution in [1.29, 1.82) is 0 Å². The van der Waals surface area contributed by atoms with Crippen molar-refractivity contribution < 1.29 is 5.11 Å². The number of likely N-dealkylation sites (tertiary alicyclic amines) is 1. The normalized spacial score (nSPS) is 30.6. The smallest absolute Gasteiger partial charge is 0.168 e. The Balaban J connectivity index is 1.91. The van der Waals surface area contributed by atoms with Crippen LogP contribution in [0.2, 0.25) is 0 Å². The fourth-order valence-electron chi connectivity index (χ4n) is 2.73. The van der Waals surface area contributed by atoms with E-state index in [4.69, 9.17) is 0 Å². The quantitative estimate of drug-likeness (QED) is 0.766. The molecule has 5 heteroatoms. The van der Waals surface area contributed by atoms with E-state index in [2.05, 4.69) is 22.0 Å². The molecular weight excluding hydrogens is 204 g/mol. The summed E-state index contributed by atoms with van der Waals surface area (Å²) in [5.41, 5.74) is 0. The molecule has 2 aliphatic heterocycles. The Morgan fingerprint density at radius 1 is 1.31 bits per heavy atom. The van der Waals surface area contributed by atoms with Gasteiger partial charge in [0.15, 0.2) is 5.82 Å². The first-order chi connectivity index (χ1) is 7.75. The second-order valence-corrected chi connectivity index (χ2v) is 4.84. The van der Waals surface area contributed by atoms with Gasteiger partial charge in [-0.15, -0.1) is 0 Å². The van der Waals surface area contributed by atoms with Crippen LogP contribution in [-0.4, -0.2) is 38.4 Å². The van der Waals surface area contributed by atoms with E-state index < -0.39 is 6.23 Å². The van der Waals surface area contributed by atoms with Crippen LogP contribution < -0.4 is 0 Å². The first kappa shape index (κ1) is 10.2. The molecule has 0 amide bonds. The molecule has 1 fully saturated rings. The number of rotatable bonds is 1. The van der Waals surface area contributed by atoms with E-state index >= 15 is 0 Å². The van der Waals surface area contributed by atoms with Gasteiger partial charge in [-0.2, -0.15) is 5.10 Å². The predicted molar refractivity (Wildman–Crippen MR) is 58.8 cm³/mol. The third-order valence-electron chi connectivity index (χ3n) is 3.68. The summed E-state index contributed by atoms with van der Waals surface area (Å²) >= 11 is 0. The Bertz CT molecular complexity index is 389. The molecule has 1 aromatic rings. The SMILES string of the molecule is CN1CCCC1c1nc2n(n1)C(O)CCC2. The van der Waals surface area contributed by atoms with E-state index in [1.54, 1.807) is 4.68 Å². The highest BCUT2D eigenvalue weighted by Crippen LogP contribution is 2.30. The van der Waals surface area contributed by atoms with Gasteiger partial charge in [0.2, 0.25) is 0 Å². The topological polar surface area (TPSA) is 54.2 Å². The average Bonchev–Trinajstić information content (AvgIpc) is 2.84. The highest BCUT2D eigenvalue weighted by atomic mass is 16.3. The maximum atomic E-state index is 9.83. The predicted octanol–water partition coefficient (Wildman–Crippen LogP) is 0.872. The Hall–Kier alpha value is -0.940. The van der Waals surface area contributed by atoms with Gasteiger partial charge in [0.05, 0.1) is 6.04 Å². The maximum absolute atomic E-state index is 9.83. The number of aliphatic hydroxyl groups is 1. The molecule has 0 bridgehead atoms. The van der Waals surface area contributed by atoms with E-state index in [9.17, 15) is 5.11 Å². The fraction of sp³-hybridized carbons (Fsp3) is 0.818. The van der Waals surface area contributed by atoms with Crippen LogP contribution >= 0.6 is 0 Å². The van der Waals surface area contributed by atoms with Gasteiger partial charge in [0.1, 0.15) is 12.1 Å². The van der Waals surface area contributed by atoms with Crippen LogP contribution in [-0.2, 0) is 6.42 Å². The third-order valence-corrected chi connectivity index (χ3v) is 3.68. The lowest BCUT2D eigenvalue weighted by Gasteiger charge is -2.17. The van der Waals surface area contributed by atoms with E-state index in [1.807, 2.05) is 0 Å². The minimum atomic E-state index is -0.461. The van der Waals surface area contributed by atoms with Crippen molar-refractivity contribution in [3.63, 3.8) is 0 Å². The van der Waals surface area contributed by atoms with Gasteiger partial charge >= 0.3 is 0 Å². The van der Waals surface area contributed by atoms with Gasteiger partial charge < -0.3 is 5.11 Å². The van der Waals surface area contributed by atoms with Crippen molar-refractivity contribution in [1.82, 2.24) is 19.7 Å². The average molecular weight is 222 g/mol. The molecule has 3 rings (SSSR count). The number of nitrogens with zero attached hydrogens (tertiary/aromatic N) is 4. The fourth-order valence-corrected chi connectivity index (χ4v) is 2.73. The highest BCUT2D eigenvalue weighted by Gasteiger charge is 2.29. The molecule has 0 aliphatic carbocycles. The third kappa shape index (κ3) is 1.55. The Morgan fingerprint density at radius 3 is 2.88 bits per heavy atom. The minimum absolute atomic E-state index is 0.352. The number of hydrogen-bond acceptors (Lipinski definition) is 4. The van der Waals surface area contributed by atoms with Crippen molar-refractivity contribution >= 4 is 0 Å². The van der Waals surface area contributed by atoms with E-state index in [0.717, 1.165) is 43.9 Å². The lowest BCUT2D eigenvalue weighted by atomic mass is 10.1. The molecule has 2 aliphatic rings. The van der Waals surface area contributed by atoms with Crippen LogP contribution in [0, 0.1) is 0 Å². The summed E-state index contributed by atoms with van der Waals surface area (Å²) in [6.45, 7) is 1.12. The molecule has 88 valence electrons. The molecule has 1 saturated heterocycles. The van der Waals surface area contributed by atoms with Crippen molar-refractivity contribution in [2.75, 3.05) is 13.6 Å². The van der Waals surface area contributed by atoms with Gasteiger partial charge in [-0.3, -0.25) is 4.90 Å². The molecule has 1 aromatic heterocycles. The first-order valence-corrected chi connectivity index (χ1v) is 6.09. The molecule has 0 radical (unpaired) electrons. The zero-order chi connectivity index (χ0) is 11.1. The highest BCUT2D eigenvalue weighted by molar-refractivity contribution is 5.03. The van der Waals surface area contributed by atoms with Crippen LogP contribution in [0.15, 0.2) is 0 Å². The number of aromatic nitrogens is 3. The van der Waals surface area contributed by atoms with Crippen LogP contribution in [0.4, 0.5) is 0 Å². The van der Waals surface area contributed by atoms with Crippen LogP contribution in [0.5, 0.6) is 0 Å². The van der Waals surface area contributed by atoms with E-state index in [0.29, 0.717) is 6.04 Å². The summed E-state index contributed by atoms with van der Waals surface area (Å²) in [5.74, 6) is 1.85. The van der Waals surface area contributed by atoms with Gasteiger partial charge in [-0.25, -0.2) is 9.67 Å². The van der Waals surface area contributed by atoms with Gasteiger partial charge in [0, 0.05) is 6.42 Å². The lowest BCUT2D eigenvalue weighted by Crippen LogP contribution is -2.20. The zero-order valence-electron chi connectivity index (χ0n) is 9.63. The number of aliphatic hydroxyl groups excluding tert-OH is 1. The summed E-state index contributed by atoms with van der Waals surface area (Å²) in [7, 11) is 2.12. The van der Waals surface area contributed by atoms with Crippen molar-refractivity contribution in [3.8, 4) is 0 Å². The summed E-state index contributed by atoms with van der Waals surface area (Å²) in [4.78, 5) is 6.88. The Kier molecular flexibility index (Phi) is 2.44. The number of aryl methyl sites for hydroxylation is 1. The van der Waals surface area contributed by atoms with Crippen LogP contribution in [0.1, 0.15) is 49.6 Å². The standard InChI is InChI=1S/C11H18N4O/c1-14-7-3-4-8(14)11-12-9-5-2-6-10(16)15(9)13-11/h8,10,16H,2-7H2,1H3.